The maximum atomic E-state index is 6.46. The van der Waals surface area contributed by atoms with E-state index >= 15 is 0 Å². The molecule has 5 heteroatoms. The Morgan fingerprint density at radius 2 is 1.19 bits per heavy atom. The van der Waals surface area contributed by atoms with Gasteiger partial charge in [-0.15, -0.1) is 0 Å². The molecule has 0 spiro atoms. The first-order chi connectivity index (χ1) is 11.1. The quantitative estimate of drug-likeness (QED) is 0.315. The summed E-state index contributed by atoms with van der Waals surface area (Å²) in [5.74, 6) is 1.09. The van der Waals surface area contributed by atoms with Gasteiger partial charge in [-0.25, -0.2) is 0 Å². The van der Waals surface area contributed by atoms with E-state index in [1.165, 1.54) is 31.0 Å². The van der Waals surface area contributed by atoms with Gasteiger partial charge in [-0.2, -0.15) is 0 Å². The molecule has 2 aliphatic rings. The monoisotopic (exact) mass is 490 g/mol. The number of allylic oxidation sites excluding steroid dienone is 8. The second kappa shape index (κ2) is 13.7. The number of hydrogen-bond acceptors (Lipinski definition) is 1. The van der Waals surface area contributed by atoms with E-state index in [4.69, 9.17) is 4.43 Å². The van der Waals surface area contributed by atoms with Crippen molar-refractivity contribution in [3.63, 3.8) is 0 Å². The summed E-state index contributed by atoms with van der Waals surface area (Å²) < 4.78 is 6.46. The summed E-state index contributed by atoms with van der Waals surface area (Å²) in [7, 11) is -1.43. The Bertz CT molecular complexity index is 438. The van der Waals surface area contributed by atoms with Crippen molar-refractivity contribution < 1.29 is 55.4 Å². The number of hydrogen-bond donors (Lipinski definition) is 0. The first-order valence-corrected chi connectivity index (χ1v) is 12.0. The maximum absolute atomic E-state index is 6.46. The van der Waals surface area contributed by atoms with Crippen molar-refractivity contribution in [3.8, 4) is 0 Å². The molecule has 0 unspecified atom stereocenters. The molecular formula is C21H34Cl2OSiZr. The molecule has 0 N–H and O–H groups in total. The minimum atomic E-state index is -1.43. The maximum Gasteiger partial charge on any atom is 2.00 e. The normalized spacial score (nSPS) is 16.5. The second-order valence-electron chi connectivity index (χ2n) is 7.29. The predicted molar refractivity (Wildman–Crippen MR) is 104 cm³/mol. The van der Waals surface area contributed by atoms with Crippen molar-refractivity contribution in [2.45, 2.75) is 58.7 Å². The van der Waals surface area contributed by atoms with Crippen LogP contribution < -0.4 is 24.8 Å². The van der Waals surface area contributed by atoms with Gasteiger partial charge >= 0.3 is 26.2 Å². The summed E-state index contributed by atoms with van der Waals surface area (Å²) in [5.41, 5.74) is 0.269. The van der Waals surface area contributed by atoms with Crippen molar-refractivity contribution >= 4 is 8.32 Å². The molecule has 0 atom stereocenters. The van der Waals surface area contributed by atoms with E-state index in [0.717, 1.165) is 6.61 Å². The molecule has 0 aliphatic heterocycles. The third kappa shape index (κ3) is 6.89. The molecule has 0 saturated heterocycles. The van der Waals surface area contributed by atoms with E-state index in [2.05, 4.69) is 76.3 Å². The zero-order chi connectivity index (χ0) is 16.8. The van der Waals surface area contributed by atoms with E-state index in [1.807, 2.05) is 0 Å². The van der Waals surface area contributed by atoms with Crippen molar-refractivity contribution in [3.05, 3.63) is 48.6 Å². The topological polar surface area (TPSA) is 9.23 Å². The molecule has 0 radical (unpaired) electrons. The fraction of sp³-hybridized carbons (Fsp3) is 0.619. The average molecular weight is 493 g/mol. The van der Waals surface area contributed by atoms with E-state index in [0.29, 0.717) is 11.8 Å². The summed E-state index contributed by atoms with van der Waals surface area (Å²) >= 11 is 0. The summed E-state index contributed by atoms with van der Waals surface area (Å²) in [6.45, 7) is 10.3. The summed E-state index contributed by atoms with van der Waals surface area (Å²) in [5, 5.41) is 0. The van der Waals surface area contributed by atoms with Crippen LogP contribution in [0, 0.1) is 17.3 Å². The molecule has 146 valence electrons. The van der Waals surface area contributed by atoms with Crippen LogP contribution in [0.15, 0.2) is 48.6 Å². The molecule has 2 aliphatic carbocycles. The van der Waals surface area contributed by atoms with Gasteiger partial charge in [0, 0.05) is 18.4 Å². The summed E-state index contributed by atoms with van der Waals surface area (Å²) in [6, 6.07) is 3.75. The van der Waals surface area contributed by atoms with Crippen LogP contribution in [0.25, 0.3) is 0 Å². The molecule has 0 saturated carbocycles. The van der Waals surface area contributed by atoms with Gasteiger partial charge in [0.05, 0.1) is 0 Å². The molecule has 0 aromatic carbocycles. The van der Waals surface area contributed by atoms with E-state index in [9.17, 15) is 0 Å². The van der Waals surface area contributed by atoms with Gasteiger partial charge in [-0.05, 0) is 36.4 Å². The van der Waals surface area contributed by atoms with Crippen LogP contribution in [0.5, 0.6) is 0 Å². The number of rotatable bonds is 10. The smallest absolute Gasteiger partial charge is 1.00 e. The molecule has 0 aromatic heterocycles. The van der Waals surface area contributed by atoms with Crippen LogP contribution >= 0.6 is 0 Å². The fourth-order valence-electron chi connectivity index (χ4n) is 4.10. The van der Waals surface area contributed by atoms with Gasteiger partial charge < -0.3 is 29.2 Å². The SMILES string of the molecule is CC[Si](CC)(CC)OCCCC(C)(C1C=CC=C1)C1C=CC=C1.[Cl-].[Cl-].[Zr+2]. The van der Waals surface area contributed by atoms with Crippen LogP contribution in [0.2, 0.25) is 18.1 Å². The van der Waals surface area contributed by atoms with Gasteiger partial charge in [-0.3, -0.25) is 0 Å². The molecule has 0 heterocycles. The van der Waals surface area contributed by atoms with Crippen molar-refractivity contribution in [1.82, 2.24) is 0 Å². The zero-order valence-electron chi connectivity index (χ0n) is 16.7. The molecule has 26 heavy (non-hydrogen) atoms. The van der Waals surface area contributed by atoms with Gasteiger partial charge in [-0.1, -0.05) is 76.3 Å². The van der Waals surface area contributed by atoms with Crippen LogP contribution in [0.3, 0.4) is 0 Å². The van der Waals surface area contributed by atoms with Gasteiger partial charge in [0.1, 0.15) is 0 Å². The van der Waals surface area contributed by atoms with E-state index < -0.39 is 8.32 Å². The third-order valence-corrected chi connectivity index (χ3v) is 10.9. The van der Waals surface area contributed by atoms with Crippen molar-refractivity contribution in [2.24, 2.45) is 17.3 Å². The van der Waals surface area contributed by atoms with Crippen LogP contribution in [0.4, 0.5) is 0 Å². The summed E-state index contributed by atoms with van der Waals surface area (Å²) in [4.78, 5) is 0. The Morgan fingerprint density at radius 1 is 0.808 bits per heavy atom. The van der Waals surface area contributed by atoms with Crippen molar-refractivity contribution in [2.75, 3.05) is 6.61 Å². The van der Waals surface area contributed by atoms with E-state index in [-0.39, 0.29) is 56.4 Å². The van der Waals surface area contributed by atoms with Gasteiger partial charge in [0.2, 0.25) is 0 Å². The molecular weight excluding hydrogens is 458 g/mol. The Labute approximate surface area is 193 Å². The Kier molecular flexibility index (Phi) is 15.2. The molecule has 1 nitrogen and oxygen atoms in total. The fourth-order valence-corrected chi connectivity index (χ4v) is 6.79. The minimum absolute atomic E-state index is 0. The van der Waals surface area contributed by atoms with Crippen LogP contribution in [-0.2, 0) is 30.6 Å². The summed E-state index contributed by atoms with van der Waals surface area (Å²) in [6.07, 6.45) is 20.6. The van der Waals surface area contributed by atoms with Crippen LogP contribution in [-0.4, -0.2) is 14.9 Å². The molecule has 0 amide bonds. The van der Waals surface area contributed by atoms with Crippen LogP contribution in [0.1, 0.15) is 40.5 Å². The van der Waals surface area contributed by atoms with E-state index in [1.54, 1.807) is 0 Å². The largest absolute Gasteiger partial charge is 2.00 e. The average Bonchev–Trinajstić information content (AvgIpc) is 3.29. The Hall–Kier alpha value is 0.600. The van der Waals surface area contributed by atoms with Crippen molar-refractivity contribution in [1.29, 1.82) is 0 Å². The van der Waals surface area contributed by atoms with Gasteiger partial charge in [0.15, 0.2) is 8.32 Å². The Balaban J connectivity index is 0. The zero-order valence-corrected chi connectivity index (χ0v) is 21.7. The number of halogens is 2. The molecule has 0 bridgehead atoms. The standard InChI is InChI=1S/C21H34OSi.2ClH.Zr/c1-5-23(6-2,7-3)22-18-12-17-21(4,19-13-8-9-14-19)20-15-10-11-16-20;;;/h8-11,13-16,19-20H,5-7,12,17-18H2,1-4H3;2*1H;/q;;;+2/p-2. The molecule has 0 aromatic rings. The van der Waals surface area contributed by atoms with Gasteiger partial charge in [0.25, 0.3) is 0 Å². The Morgan fingerprint density at radius 3 is 1.54 bits per heavy atom. The first kappa shape index (κ1) is 28.8. The minimum Gasteiger partial charge on any atom is -1.00 e. The molecule has 2 rings (SSSR count). The first-order valence-electron chi connectivity index (χ1n) is 9.44. The second-order valence-corrected chi connectivity index (χ2v) is 12.1. The predicted octanol–water partition coefficient (Wildman–Crippen LogP) is 0.285. The molecule has 0 fully saturated rings. The third-order valence-electron chi connectivity index (χ3n) is 6.22.